The summed E-state index contributed by atoms with van der Waals surface area (Å²) in [6, 6.07) is 7.60. The number of carbonyl (C=O) groups excluding carboxylic acids is 1. The van der Waals surface area contributed by atoms with Gasteiger partial charge in [0.1, 0.15) is 5.75 Å². The van der Waals surface area contributed by atoms with E-state index in [-0.39, 0.29) is 11.7 Å². The molecule has 0 N–H and O–H groups in total. The largest absolute Gasteiger partial charge is 0.497 e. The van der Waals surface area contributed by atoms with Crippen molar-refractivity contribution in [2.45, 2.75) is 0 Å². The van der Waals surface area contributed by atoms with E-state index < -0.39 is 0 Å². The van der Waals surface area contributed by atoms with Gasteiger partial charge >= 0.3 is 0 Å². The number of thiophene rings is 1. The Morgan fingerprint density at radius 1 is 1.47 bits per heavy atom. The molecule has 2 nitrogen and oxygen atoms in total. The van der Waals surface area contributed by atoms with Gasteiger partial charge in [0, 0.05) is 4.70 Å². The minimum absolute atomic E-state index is 0.0307. The fourth-order valence-electron chi connectivity index (χ4n) is 1.35. The SMILES string of the molecule is COc1ccc2sc(C(=O)CCl)cc2c1. The smallest absolute Gasteiger partial charge is 0.187 e. The molecule has 0 atom stereocenters. The van der Waals surface area contributed by atoms with Crippen LogP contribution < -0.4 is 4.74 Å². The second kappa shape index (κ2) is 4.21. The third-order valence-corrected chi connectivity index (χ3v) is 3.52. The zero-order valence-electron chi connectivity index (χ0n) is 8.12. The van der Waals surface area contributed by atoms with Crippen LogP contribution in [0.5, 0.6) is 5.75 Å². The molecule has 0 unspecified atom stereocenters. The highest BCUT2D eigenvalue weighted by atomic mass is 35.5. The Labute approximate surface area is 96.4 Å². The molecule has 0 spiro atoms. The molecule has 1 aromatic carbocycles. The molecule has 0 aliphatic rings. The zero-order valence-corrected chi connectivity index (χ0v) is 9.69. The molecule has 4 heteroatoms. The first-order valence-electron chi connectivity index (χ1n) is 4.41. The number of carbonyl (C=O) groups is 1. The molecule has 78 valence electrons. The lowest BCUT2D eigenvalue weighted by Crippen LogP contribution is -1.95. The monoisotopic (exact) mass is 240 g/mol. The molecule has 1 heterocycles. The summed E-state index contributed by atoms with van der Waals surface area (Å²) in [6.07, 6.45) is 0. The van der Waals surface area contributed by atoms with Crippen molar-refractivity contribution < 1.29 is 9.53 Å². The maximum absolute atomic E-state index is 11.4. The minimum atomic E-state index is -0.0307. The Morgan fingerprint density at radius 3 is 2.93 bits per heavy atom. The molecular formula is C11H9ClO2S. The summed E-state index contributed by atoms with van der Waals surface area (Å²) in [5, 5.41) is 1.02. The third kappa shape index (κ3) is 1.98. The van der Waals surface area contributed by atoms with Crippen LogP contribution in [-0.2, 0) is 0 Å². The van der Waals surface area contributed by atoms with Crippen molar-refractivity contribution >= 4 is 38.8 Å². The van der Waals surface area contributed by atoms with Gasteiger partial charge in [-0.2, -0.15) is 0 Å². The summed E-state index contributed by atoms with van der Waals surface area (Å²) in [5.41, 5.74) is 0. The number of methoxy groups -OCH3 is 1. The van der Waals surface area contributed by atoms with Crippen LogP contribution in [0.25, 0.3) is 10.1 Å². The Bertz CT molecular complexity index is 504. The second-order valence-corrected chi connectivity index (χ2v) is 4.42. The average Bonchev–Trinajstić information content (AvgIpc) is 2.70. The number of hydrogen-bond acceptors (Lipinski definition) is 3. The first-order chi connectivity index (χ1) is 7.24. The first-order valence-corrected chi connectivity index (χ1v) is 5.76. The van der Waals surface area contributed by atoms with Gasteiger partial charge in [0.15, 0.2) is 5.78 Å². The lowest BCUT2D eigenvalue weighted by Gasteiger charge is -1.97. The lowest BCUT2D eigenvalue weighted by molar-refractivity contribution is 0.102. The Kier molecular flexibility index (Phi) is 2.93. The number of ether oxygens (including phenoxy) is 1. The van der Waals surface area contributed by atoms with Gasteiger partial charge in [-0.15, -0.1) is 22.9 Å². The number of alkyl halides is 1. The molecule has 0 saturated heterocycles. The van der Waals surface area contributed by atoms with Crippen LogP contribution in [0.2, 0.25) is 0 Å². The number of fused-ring (bicyclic) bond motifs is 1. The van der Waals surface area contributed by atoms with Gasteiger partial charge in [-0.25, -0.2) is 0 Å². The minimum Gasteiger partial charge on any atom is -0.497 e. The van der Waals surface area contributed by atoms with E-state index in [1.54, 1.807) is 7.11 Å². The van der Waals surface area contributed by atoms with Crippen molar-refractivity contribution in [3.05, 3.63) is 29.1 Å². The average molecular weight is 241 g/mol. The van der Waals surface area contributed by atoms with E-state index in [0.29, 0.717) is 4.88 Å². The van der Waals surface area contributed by atoms with Crippen molar-refractivity contribution in [3.8, 4) is 5.75 Å². The third-order valence-electron chi connectivity index (χ3n) is 2.12. The lowest BCUT2D eigenvalue weighted by atomic mass is 10.2. The van der Waals surface area contributed by atoms with Crippen LogP contribution in [-0.4, -0.2) is 18.8 Å². The number of ketones is 1. The van der Waals surface area contributed by atoms with E-state index in [9.17, 15) is 4.79 Å². The highest BCUT2D eigenvalue weighted by Gasteiger charge is 2.09. The van der Waals surface area contributed by atoms with Gasteiger partial charge in [-0.1, -0.05) is 0 Å². The van der Waals surface area contributed by atoms with Crippen LogP contribution in [0.3, 0.4) is 0 Å². The van der Waals surface area contributed by atoms with Crippen molar-refractivity contribution in [2.75, 3.05) is 13.0 Å². The highest BCUT2D eigenvalue weighted by molar-refractivity contribution is 7.20. The summed E-state index contributed by atoms with van der Waals surface area (Å²) < 4.78 is 6.19. The number of benzene rings is 1. The number of halogens is 1. The van der Waals surface area contributed by atoms with Crippen molar-refractivity contribution in [1.29, 1.82) is 0 Å². The summed E-state index contributed by atoms with van der Waals surface area (Å²) in [6.45, 7) is 0. The molecule has 0 aliphatic carbocycles. The van der Waals surface area contributed by atoms with E-state index in [1.165, 1.54) is 11.3 Å². The van der Waals surface area contributed by atoms with Crippen LogP contribution in [0.4, 0.5) is 0 Å². The molecule has 2 aromatic rings. The van der Waals surface area contributed by atoms with Crippen molar-refractivity contribution in [1.82, 2.24) is 0 Å². The topological polar surface area (TPSA) is 26.3 Å². The summed E-state index contributed by atoms with van der Waals surface area (Å²) in [7, 11) is 1.62. The highest BCUT2D eigenvalue weighted by Crippen LogP contribution is 2.29. The number of hydrogen-bond donors (Lipinski definition) is 0. The summed E-state index contributed by atoms with van der Waals surface area (Å²) >= 11 is 6.96. The van der Waals surface area contributed by atoms with Crippen molar-refractivity contribution in [3.63, 3.8) is 0 Å². The number of Topliss-reactive ketones (excluding diaryl/α,β-unsaturated/α-hetero) is 1. The van der Waals surface area contributed by atoms with Gasteiger partial charge < -0.3 is 4.74 Å². The Hall–Kier alpha value is -1.06. The molecular weight excluding hydrogens is 232 g/mol. The second-order valence-electron chi connectivity index (χ2n) is 3.07. The predicted molar refractivity (Wildman–Crippen MR) is 63.4 cm³/mol. The predicted octanol–water partition coefficient (Wildman–Crippen LogP) is 3.33. The standard InChI is InChI=1S/C11H9ClO2S/c1-14-8-2-3-10-7(4-8)5-11(15-10)9(13)6-12/h2-5H,6H2,1H3. The van der Waals surface area contributed by atoms with E-state index in [4.69, 9.17) is 16.3 Å². The number of rotatable bonds is 3. The fraction of sp³-hybridized carbons (Fsp3) is 0.182. The molecule has 1 aromatic heterocycles. The normalized spacial score (nSPS) is 10.5. The molecule has 0 aliphatic heterocycles. The maximum Gasteiger partial charge on any atom is 0.187 e. The van der Waals surface area contributed by atoms with Crippen LogP contribution >= 0.6 is 22.9 Å². The quantitative estimate of drug-likeness (QED) is 0.608. The molecule has 15 heavy (non-hydrogen) atoms. The van der Waals surface area contributed by atoms with Gasteiger partial charge in [0.25, 0.3) is 0 Å². The van der Waals surface area contributed by atoms with Gasteiger partial charge in [-0.3, -0.25) is 4.79 Å². The molecule has 0 saturated carbocycles. The summed E-state index contributed by atoms with van der Waals surface area (Å²) in [4.78, 5) is 12.1. The fourth-order valence-corrected chi connectivity index (χ4v) is 2.56. The van der Waals surface area contributed by atoms with Crippen molar-refractivity contribution in [2.24, 2.45) is 0 Å². The van der Waals surface area contributed by atoms with Gasteiger partial charge in [0.2, 0.25) is 0 Å². The molecule has 0 bridgehead atoms. The van der Waals surface area contributed by atoms with E-state index in [1.807, 2.05) is 24.3 Å². The molecule has 2 rings (SSSR count). The Morgan fingerprint density at radius 2 is 2.27 bits per heavy atom. The van der Waals surface area contributed by atoms with Crippen LogP contribution in [0, 0.1) is 0 Å². The maximum atomic E-state index is 11.4. The summed E-state index contributed by atoms with van der Waals surface area (Å²) in [5.74, 6) is 0.797. The zero-order chi connectivity index (χ0) is 10.8. The first kappa shape index (κ1) is 10.5. The van der Waals surface area contributed by atoms with Gasteiger partial charge in [0.05, 0.1) is 17.9 Å². The molecule has 0 radical (unpaired) electrons. The van der Waals surface area contributed by atoms with Gasteiger partial charge in [-0.05, 0) is 29.7 Å². The van der Waals surface area contributed by atoms with E-state index in [0.717, 1.165) is 15.8 Å². The molecule has 0 amide bonds. The molecule has 0 fully saturated rings. The Balaban J connectivity index is 2.51. The van der Waals surface area contributed by atoms with E-state index >= 15 is 0 Å². The van der Waals surface area contributed by atoms with Crippen LogP contribution in [0.15, 0.2) is 24.3 Å². The van der Waals surface area contributed by atoms with E-state index in [2.05, 4.69) is 0 Å². The van der Waals surface area contributed by atoms with Crippen LogP contribution in [0.1, 0.15) is 9.67 Å².